The van der Waals surface area contributed by atoms with Gasteiger partial charge in [-0.15, -0.1) is 0 Å². The molecular weight excluding hydrogens is 354 g/mol. The highest BCUT2D eigenvalue weighted by Gasteiger charge is 2.23. The highest BCUT2D eigenvalue weighted by molar-refractivity contribution is 5.74. The minimum atomic E-state index is -0.537. The molecule has 3 heterocycles. The van der Waals surface area contributed by atoms with Crippen LogP contribution in [-0.2, 0) is 6.54 Å². The predicted octanol–water partition coefficient (Wildman–Crippen LogP) is 3.10. The van der Waals surface area contributed by atoms with Crippen LogP contribution in [0.1, 0.15) is 5.76 Å². The molecule has 4 rings (SSSR count). The molecule has 10 heteroatoms. The fourth-order valence-electron chi connectivity index (χ4n) is 2.61. The molecule has 1 aromatic carbocycles. The number of aromatic nitrogens is 2. The van der Waals surface area contributed by atoms with Crippen LogP contribution in [0.4, 0.5) is 23.0 Å². The molecule has 1 aliphatic rings. The zero-order valence-corrected chi connectivity index (χ0v) is 14.0. The standard InChI is InChI=1S/C17H15N5O5/c23-22(24)15-16(18-9-12-2-1-5-25-12)19-10-20-17(15)21-11-3-4-13-14(8-11)27-7-6-26-13/h1-5,8,10H,6-7,9H2,(H2,18,19,20,21). The van der Waals surface area contributed by atoms with Crippen molar-refractivity contribution in [2.24, 2.45) is 0 Å². The van der Waals surface area contributed by atoms with Crippen molar-refractivity contribution in [3.63, 3.8) is 0 Å². The first-order valence-electron chi connectivity index (χ1n) is 8.13. The predicted molar refractivity (Wildman–Crippen MR) is 95.4 cm³/mol. The maximum absolute atomic E-state index is 11.6. The molecule has 0 spiro atoms. The van der Waals surface area contributed by atoms with Gasteiger partial charge in [0, 0.05) is 11.8 Å². The van der Waals surface area contributed by atoms with Gasteiger partial charge in [0.15, 0.2) is 11.5 Å². The monoisotopic (exact) mass is 369 g/mol. The quantitative estimate of drug-likeness (QED) is 0.498. The van der Waals surface area contributed by atoms with Gasteiger partial charge >= 0.3 is 5.69 Å². The summed E-state index contributed by atoms with van der Waals surface area (Å²) in [6, 6.07) is 8.67. The van der Waals surface area contributed by atoms with Crippen LogP contribution < -0.4 is 20.1 Å². The van der Waals surface area contributed by atoms with Crippen LogP contribution >= 0.6 is 0 Å². The van der Waals surface area contributed by atoms with E-state index in [1.807, 2.05) is 0 Å². The summed E-state index contributed by atoms with van der Waals surface area (Å²) in [4.78, 5) is 19.1. The summed E-state index contributed by atoms with van der Waals surface area (Å²) in [5, 5.41) is 17.5. The SMILES string of the molecule is O=[N+]([O-])c1c(NCc2ccco2)ncnc1Nc1ccc2c(c1)OCCO2. The first kappa shape index (κ1) is 16.6. The summed E-state index contributed by atoms with van der Waals surface area (Å²) in [7, 11) is 0. The molecule has 138 valence electrons. The van der Waals surface area contributed by atoms with Gasteiger partial charge in [-0.2, -0.15) is 0 Å². The topological polar surface area (TPSA) is 125 Å². The Hall–Kier alpha value is -3.82. The van der Waals surface area contributed by atoms with Crippen molar-refractivity contribution in [2.45, 2.75) is 6.54 Å². The lowest BCUT2D eigenvalue weighted by molar-refractivity contribution is -0.383. The summed E-state index contributed by atoms with van der Waals surface area (Å²) >= 11 is 0. The average Bonchev–Trinajstić information content (AvgIpc) is 3.20. The van der Waals surface area contributed by atoms with Crippen molar-refractivity contribution in [1.29, 1.82) is 0 Å². The third-order valence-electron chi connectivity index (χ3n) is 3.82. The Morgan fingerprint density at radius 1 is 1.11 bits per heavy atom. The van der Waals surface area contributed by atoms with Gasteiger partial charge in [0.25, 0.3) is 0 Å². The second-order valence-electron chi connectivity index (χ2n) is 5.59. The Kier molecular flexibility index (Phi) is 4.44. The number of hydrogen-bond donors (Lipinski definition) is 2. The smallest absolute Gasteiger partial charge is 0.353 e. The fourth-order valence-corrected chi connectivity index (χ4v) is 2.61. The molecule has 0 saturated carbocycles. The number of fused-ring (bicyclic) bond motifs is 1. The van der Waals surface area contributed by atoms with E-state index in [9.17, 15) is 10.1 Å². The number of anilines is 3. The number of nitrogens with zero attached hydrogens (tertiary/aromatic N) is 3. The zero-order chi connectivity index (χ0) is 18.6. The highest BCUT2D eigenvalue weighted by Crippen LogP contribution is 2.36. The van der Waals surface area contributed by atoms with Gasteiger partial charge in [0.2, 0.25) is 11.6 Å². The van der Waals surface area contributed by atoms with Crippen LogP contribution in [0.5, 0.6) is 11.5 Å². The van der Waals surface area contributed by atoms with E-state index in [1.54, 1.807) is 30.3 Å². The van der Waals surface area contributed by atoms with Crippen molar-refractivity contribution in [1.82, 2.24) is 9.97 Å². The Bertz CT molecular complexity index is 960. The summed E-state index contributed by atoms with van der Waals surface area (Å²) < 4.78 is 16.2. The van der Waals surface area contributed by atoms with E-state index in [0.717, 1.165) is 0 Å². The Balaban J connectivity index is 1.60. The second-order valence-corrected chi connectivity index (χ2v) is 5.59. The number of hydrogen-bond acceptors (Lipinski definition) is 9. The molecule has 2 N–H and O–H groups in total. The second kappa shape index (κ2) is 7.20. The van der Waals surface area contributed by atoms with Crippen LogP contribution in [0.3, 0.4) is 0 Å². The lowest BCUT2D eigenvalue weighted by Crippen LogP contribution is -2.15. The number of rotatable bonds is 6. The number of furan rings is 1. The molecule has 0 radical (unpaired) electrons. The number of benzene rings is 1. The lowest BCUT2D eigenvalue weighted by Gasteiger charge is -2.19. The third kappa shape index (κ3) is 3.59. The van der Waals surface area contributed by atoms with Crippen LogP contribution in [0.25, 0.3) is 0 Å². The minimum Gasteiger partial charge on any atom is -0.486 e. The van der Waals surface area contributed by atoms with E-state index in [-0.39, 0.29) is 23.9 Å². The molecule has 0 aliphatic carbocycles. The number of nitro groups is 1. The molecule has 3 aromatic rings. The van der Waals surface area contributed by atoms with Gasteiger partial charge in [-0.1, -0.05) is 0 Å². The van der Waals surface area contributed by atoms with Crippen LogP contribution in [0.15, 0.2) is 47.3 Å². The van der Waals surface area contributed by atoms with Crippen molar-refractivity contribution in [3.8, 4) is 11.5 Å². The highest BCUT2D eigenvalue weighted by atomic mass is 16.6. The summed E-state index contributed by atoms with van der Waals surface area (Å²) in [6.07, 6.45) is 2.78. The molecule has 0 saturated heterocycles. The van der Waals surface area contributed by atoms with Crippen molar-refractivity contribution in [3.05, 3.63) is 58.8 Å². The Morgan fingerprint density at radius 3 is 2.70 bits per heavy atom. The van der Waals surface area contributed by atoms with E-state index in [2.05, 4.69) is 20.6 Å². The van der Waals surface area contributed by atoms with Gasteiger partial charge in [-0.05, 0) is 24.3 Å². The Labute approximate surface area is 153 Å². The van der Waals surface area contributed by atoms with E-state index in [1.165, 1.54) is 12.6 Å². The maximum atomic E-state index is 11.6. The molecular formula is C17H15N5O5. The van der Waals surface area contributed by atoms with Crippen molar-refractivity contribution < 1.29 is 18.8 Å². The maximum Gasteiger partial charge on any atom is 0.353 e. The molecule has 0 amide bonds. The first-order valence-corrected chi connectivity index (χ1v) is 8.13. The molecule has 0 unspecified atom stereocenters. The van der Waals surface area contributed by atoms with E-state index in [0.29, 0.717) is 36.2 Å². The largest absolute Gasteiger partial charge is 0.486 e. The van der Waals surface area contributed by atoms with Gasteiger partial charge in [-0.25, -0.2) is 9.97 Å². The molecule has 10 nitrogen and oxygen atoms in total. The summed E-state index contributed by atoms with van der Waals surface area (Å²) in [5.41, 5.74) is 0.317. The van der Waals surface area contributed by atoms with Crippen LogP contribution in [-0.4, -0.2) is 28.1 Å². The summed E-state index contributed by atoms with van der Waals surface area (Å²) in [6.45, 7) is 1.20. The fraction of sp³-hybridized carbons (Fsp3) is 0.176. The van der Waals surface area contributed by atoms with Crippen LogP contribution in [0.2, 0.25) is 0 Å². The lowest BCUT2D eigenvalue weighted by atomic mass is 10.2. The number of ether oxygens (including phenoxy) is 2. The minimum absolute atomic E-state index is 0.0635. The van der Waals surface area contributed by atoms with E-state index < -0.39 is 4.92 Å². The molecule has 2 aromatic heterocycles. The molecule has 1 aliphatic heterocycles. The van der Waals surface area contributed by atoms with Gasteiger partial charge < -0.3 is 24.5 Å². The Morgan fingerprint density at radius 2 is 1.93 bits per heavy atom. The third-order valence-corrected chi connectivity index (χ3v) is 3.82. The molecule has 0 fully saturated rings. The first-order chi connectivity index (χ1) is 13.2. The van der Waals surface area contributed by atoms with E-state index in [4.69, 9.17) is 13.9 Å². The average molecular weight is 369 g/mol. The molecule has 0 bridgehead atoms. The number of nitrogens with one attached hydrogen (secondary N) is 2. The van der Waals surface area contributed by atoms with E-state index >= 15 is 0 Å². The van der Waals surface area contributed by atoms with Crippen molar-refractivity contribution >= 4 is 23.0 Å². The molecule has 27 heavy (non-hydrogen) atoms. The normalized spacial score (nSPS) is 12.4. The van der Waals surface area contributed by atoms with Gasteiger partial charge in [0.1, 0.15) is 25.3 Å². The van der Waals surface area contributed by atoms with Crippen molar-refractivity contribution in [2.75, 3.05) is 23.8 Å². The summed E-state index contributed by atoms with van der Waals surface area (Å²) in [5.74, 6) is 1.98. The van der Waals surface area contributed by atoms with Gasteiger partial charge in [0.05, 0.1) is 17.7 Å². The zero-order valence-electron chi connectivity index (χ0n) is 14.0. The molecule has 0 atom stereocenters. The van der Waals surface area contributed by atoms with Crippen LogP contribution in [0, 0.1) is 10.1 Å². The van der Waals surface area contributed by atoms with Gasteiger partial charge in [-0.3, -0.25) is 10.1 Å².